The summed E-state index contributed by atoms with van der Waals surface area (Å²) in [5.74, 6) is 0.297. The lowest BCUT2D eigenvalue weighted by Crippen LogP contribution is -2.39. The summed E-state index contributed by atoms with van der Waals surface area (Å²) in [6, 6.07) is 8.78. The van der Waals surface area contributed by atoms with Crippen molar-refractivity contribution in [1.29, 1.82) is 0 Å². The van der Waals surface area contributed by atoms with Gasteiger partial charge < -0.3 is 9.80 Å². The van der Waals surface area contributed by atoms with Crippen molar-refractivity contribution in [2.24, 2.45) is 0 Å². The molecular formula is C16H22N2O. The van der Waals surface area contributed by atoms with Gasteiger partial charge in [-0.05, 0) is 50.9 Å². The van der Waals surface area contributed by atoms with Crippen molar-refractivity contribution in [3.8, 4) is 0 Å². The van der Waals surface area contributed by atoms with Crippen molar-refractivity contribution in [3.63, 3.8) is 0 Å². The zero-order valence-electron chi connectivity index (χ0n) is 11.6. The van der Waals surface area contributed by atoms with Crippen molar-refractivity contribution < 1.29 is 4.79 Å². The Balaban J connectivity index is 1.74. The first-order valence-electron chi connectivity index (χ1n) is 7.34. The van der Waals surface area contributed by atoms with Gasteiger partial charge in [0.15, 0.2) is 0 Å². The van der Waals surface area contributed by atoms with Crippen LogP contribution in [0.15, 0.2) is 24.3 Å². The van der Waals surface area contributed by atoms with Crippen LogP contribution in [-0.4, -0.2) is 37.0 Å². The average Bonchev–Trinajstić information content (AvgIpc) is 2.83. The summed E-state index contributed by atoms with van der Waals surface area (Å²) in [7, 11) is 2.13. The number of aryl methyl sites for hydroxylation is 1. The molecule has 0 N–H and O–H groups in total. The summed E-state index contributed by atoms with van der Waals surface area (Å²) >= 11 is 0. The quantitative estimate of drug-likeness (QED) is 0.813. The van der Waals surface area contributed by atoms with Gasteiger partial charge in [-0.3, -0.25) is 4.79 Å². The number of rotatable bonds is 2. The molecular weight excluding hydrogens is 236 g/mol. The molecule has 2 aliphatic rings. The number of anilines is 1. The number of benzene rings is 1. The number of carbonyl (C=O) groups is 1. The van der Waals surface area contributed by atoms with Crippen molar-refractivity contribution in [2.45, 2.75) is 38.1 Å². The summed E-state index contributed by atoms with van der Waals surface area (Å²) in [6.45, 7) is 2.01. The van der Waals surface area contributed by atoms with Crippen molar-refractivity contribution in [2.75, 3.05) is 25.0 Å². The van der Waals surface area contributed by atoms with Gasteiger partial charge in [-0.1, -0.05) is 18.2 Å². The molecule has 1 saturated heterocycles. The summed E-state index contributed by atoms with van der Waals surface area (Å²) < 4.78 is 0. The second-order valence-corrected chi connectivity index (χ2v) is 5.76. The third-order valence-corrected chi connectivity index (χ3v) is 4.49. The van der Waals surface area contributed by atoms with Gasteiger partial charge in [-0.15, -0.1) is 0 Å². The monoisotopic (exact) mass is 258 g/mol. The van der Waals surface area contributed by atoms with E-state index in [9.17, 15) is 4.79 Å². The third kappa shape index (κ3) is 2.52. The Hall–Kier alpha value is -1.35. The Morgan fingerprint density at radius 2 is 2.11 bits per heavy atom. The first-order chi connectivity index (χ1) is 9.25. The molecule has 2 aliphatic heterocycles. The molecule has 1 amide bonds. The maximum absolute atomic E-state index is 12.6. The Kier molecular flexibility index (Phi) is 3.56. The normalized spacial score (nSPS) is 23.4. The zero-order valence-corrected chi connectivity index (χ0v) is 11.6. The fourth-order valence-electron chi connectivity index (χ4n) is 3.34. The number of likely N-dealkylation sites (tertiary alicyclic amines) is 1. The Morgan fingerprint density at radius 3 is 2.89 bits per heavy atom. The third-order valence-electron chi connectivity index (χ3n) is 4.49. The highest BCUT2D eigenvalue weighted by atomic mass is 16.2. The van der Waals surface area contributed by atoms with Gasteiger partial charge in [0, 0.05) is 24.7 Å². The highest BCUT2D eigenvalue weighted by molar-refractivity contribution is 5.94. The van der Waals surface area contributed by atoms with E-state index >= 15 is 0 Å². The van der Waals surface area contributed by atoms with Gasteiger partial charge in [0.25, 0.3) is 0 Å². The molecule has 0 aliphatic carbocycles. The molecule has 1 atom stereocenters. The van der Waals surface area contributed by atoms with Crippen LogP contribution in [0.2, 0.25) is 0 Å². The smallest absolute Gasteiger partial charge is 0.228 e. The predicted molar refractivity (Wildman–Crippen MR) is 77.4 cm³/mol. The molecule has 2 heterocycles. The van der Waals surface area contributed by atoms with Gasteiger partial charge in [-0.25, -0.2) is 0 Å². The second-order valence-electron chi connectivity index (χ2n) is 5.76. The number of carbonyl (C=O) groups excluding carboxylic acids is 1. The number of fused-ring (bicyclic) bond motifs is 1. The summed E-state index contributed by atoms with van der Waals surface area (Å²) in [6.07, 6.45) is 5.25. The minimum absolute atomic E-state index is 0.297. The van der Waals surface area contributed by atoms with Crippen LogP contribution >= 0.6 is 0 Å². The van der Waals surface area contributed by atoms with Crippen molar-refractivity contribution in [3.05, 3.63) is 29.8 Å². The topological polar surface area (TPSA) is 23.6 Å². The number of nitrogens with zero attached hydrogens (tertiary/aromatic N) is 2. The van der Waals surface area contributed by atoms with E-state index in [1.54, 1.807) is 0 Å². The Labute approximate surface area is 115 Å². The van der Waals surface area contributed by atoms with Crippen molar-refractivity contribution in [1.82, 2.24) is 4.90 Å². The Bertz CT molecular complexity index is 472. The molecule has 19 heavy (non-hydrogen) atoms. The van der Waals surface area contributed by atoms with E-state index in [0.717, 1.165) is 38.0 Å². The van der Waals surface area contributed by atoms with E-state index in [0.29, 0.717) is 18.4 Å². The fourth-order valence-corrected chi connectivity index (χ4v) is 3.34. The van der Waals surface area contributed by atoms with Crippen molar-refractivity contribution >= 4 is 11.6 Å². The average molecular weight is 258 g/mol. The molecule has 1 unspecified atom stereocenters. The van der Waals surface area contributed by atoms with Crippen LogP contribution in [0.4, 0.5) is 5.69 Å². The van der Waals surface area contributed by atoms with E-state index in [4.69, 9.17) is 0 Å². The molecule has 0 bridgehead atoms. The summed E-state index contributed by atoms with van der Waals surface area (Å²) in [5.41, 5.74) is 2.46. The molecule has 0 saturated carbocycles. The number of para-hydroxylation sites is 1. The minimum Gasteiger partial charge on any atom is -0.312 e. The molecule has 1 aromatic carbocycles. The number of hydrogen-bond donors (Lipinski definition) is 0. The lowest BCUT2D eigenvalue weighted by atomic mass is 10.0. The van der Waals surface area contributed by atoms with Gasteiger partial charge in [0.05, 0.1) is 0 Å². The summed E-state index contributed by atoms with van der Waals surface area (Å²) in [5, 5.41) is 0. The Morgan fingerprint density at radius 1 is 1.26 bits per heavy atom. The first kappa shape index (κ1) is 12.7. The van der Waals surface area contributed by atoms with E-state index in [2.05, 4.69) is 30.1 Å². The molecule has 3 heteroatoms. The van der Waals surface area contributed by atoms with E-state index in [-0.39, 0.29) is 0 Å². The lowest BCUT2D eigenvalue weighted by Gasteiger charge is -2.31. The molecule has 3 nitrogen and oxygen atoms in total. The molecule has 1 fully saturated rings. The standard InChI is InChI=1S/C16H22N2O/c1-17-10-5-8-14(17)12-16(19)18-11-4-7-13-6-2-3-9-15(13)18/h2-3,6,9,14H,4-5,7-8,10-12H2,1H3. The lowest BCUT2D eigenvalue weighted by molar-refractivity contribution is -0.119. The number of hydrogen-bond acceptors (Lipinski definition) is 2. The molecule has 0 aromatic heterocycles. The van der Waals surface area contributed by atoms with Gasteiger partial charge in [0.2, 0.25) is 5.91 Å². The zero-order chi connectivity index (χ0) is 13.2. The van der Waals surface area contributed by atoms with Crippen LogP contribution in [-0.2, 0) is 11.2 Å². The number of amides is 1. The molecule has 3 rings (SSSR count). The maximum Gasteiger partial charge on any atom is 0.228 e. The fraction of sp³-hybridized carbons (Fsp3) is 0.562. The molecule has 0 radical (unpaired) electrons. The van der Waals surface area contributed by atoms with E-state index in [1.165, 1.54) is 12.0 Å². The molecule has 0 spiro atoms. The highest BCUT2D eigenvalue weighted by Crippen LogP contribution is 2.28. The van der Waals surface area contributed by atoms with Gasteiger partial charge >= 0.3 is 0 Å². The highest BCUT2D eigenvalue weighted by Gasteiger charge is 2.28. The van der Waals surface area contributed by atoms with Crippen LogP contribution in [0.3, 0.4) is 0 Å². The molecule has 102 valence electrons. The largest absolute Gasteiger partial charge is 0.312 e. The van der Waals surface area contributed by atoms with E-state index in [1.807, 2.05) is 11.0 Å². The first-order valence-corrected chi connectivity index (χ1v) is 7.34. The van der Waals surface area contributed by atoms with E-state index < -0.39 is 0 Å². The van der Waals surface area contributed by atoms with Gasteiger partial charge in [0.1, 0.15) is 0 Å². The summed E-state index contributed by atoms with van der Waals surface area (Å²) in [4.78, 5) is 16.9. The van der Waals surface area contributed by atoms with Crippen LogP contribution in [0, 0.1) is 0 Å². The van der Waals surface area contributed by atoms with Crippen LogP contribution in [0.5, 0.6) is 0 Å². The SMILES string of the molecule is CN1CCCC1CC(=O)N1CCCc2ccccc21. The predicted octanol–water partition coefficient (Wildman–Crippen LogP) is 2.45. The van der Waals surface area contributed by atoms with Crippen LogP contribution < -0.4 is 4.90 Å². The molecule has 1 aromatic rings. The van der Waals surface area contributed by atoms with Crippen LogP contribution in [0.1, 0.15) is 31.2 Å². The van der Waals surface area contributed by atoms with Crippen LogP contribution in [0.25, 0.3) is 0 Å². The maximum atomic E-state index is 12.6. The van der Waals surface area contributed by atoms with Gasteiger partial charge in [-0.2, -0.15) is 0 Å². The second kappa shape index (κ2) is 5.33. The minimum atomic E-state index is 0.297.